The van der Waals surface area contributed by atoms with Gasteiger partial charge in [0.2, 0.25) is 0 Å². The molecular weight excluding hydrogens is 284 g/mol. The predicted molar refractivity (Wildman–Crippen MR) is 96.8 cm³/mol. The molecule has 1 saturated carbocycles. The number of hydrogen-bond acceptors (Lipinski definition) is 2. The highest BCUT2D eigenvalue weighted by Crippen LogP contribution is 2.31. The molecule has 4 nitrogen and oxygen atoms in total. The SMILES string of the molecule is CN=C(NCCCc1ccccc1)NCC1CCN(C2CC2)C1. The smallest absolute Gasteiger partial charge is 0.190 e. The number of nitrogens with zero attached hydrogens (tertiary/aromatic N) is 2. The van der Waals surface area contributed by atoms with E-state index in [9.17, 15) is 0 Å². The van der Waals surface area contributed by atoms with Crippen LogP contribution in [0.2, 0.25) is 0 Å². The highest BCUT2D eigenvalue weighted by Gasteiger charge is 2.34. The standard InChI is InChI=1S/C19H30N4/c1-20-19(21-12-5-8-16-6-3-2-4-7-16)22-14-17-11-13-23(15-17)18-9-10-18/h2-4,6-7,17-18H,5,8-15H2,1H3,(H2,20,21,22). The van der Waals surface area contributed by atoms with Crippen LogP contribution in [0.5, 0.6) is 0 Å². The zero-order valence-electron chi connectivity index (χ0n) is 14.3. The van der Waals surface area contributed by atoms with Gasteiger partial charge in [-0.25, -0.2) is 0 Å². The van der Waals surface area contributed by atoms with E-state index in [4.69, 9.17) is 0 Å². The summed E-state index contributed by atoms with van der Waals surface area (Å²) < 4.78 is 0. The molecule has 1 saturated heterocycles. The first kappa shape index (κ1) is 16.3. The monoisotopic (exact) mass is 314 g/mol. The fourth-order valence-electron chi connectivity index (χ4n) is 3.41. The van der Waals surface area contributed by atoms with Crippen LogP contribution in [0.15, 0.2) is 35.3 Å². The molecule has 0 aromatic heterocycles. The van der Waals surface area contributed by atoms with Gasteiger partial charge < -0.3 is 15.5 Å². The molecule has 0 amide bonds. The number of likely N-dealkylation sites (tertiary alicyclic amines) is 1. The van der Waals surface area contributed by atoms with E-state index in [1.165, 1.54) is 37.9 Å². The van der Waals surface area contributed by atoms with Crippen LogP contribution in [0, 0.1) is 5.92 Å². The van der Waals surface area contributed by atoms with E-state index in [1.807, 2.05) is 7.05 Å². The second kappa shape index (κ2) is 8.34. The molecule has 1 aliphatic carbocycles. The van der Waals surface area contributed by atoms with Crippen molar-refractivity contribution in [3.63, 3.8) is 0 Å². The van der Waals surface area contributed by atoms with Gasteiger partial charge in [-0.1, -0.05) is 30.3 Å². The van der Waals surface area contributed by atoms with Crippen LogP contribution in [0.3, 0.4) is 0 Å². The van der Waals surface area contributed by atoms with Crippen molar-refractivity contribution >= 4 is 5.96 Å². The normalized spacial score (nSPS) is 22.3. The van der Waals surface area contributed by atoms with Crippen molar-refractivity contribution in [3.8, 4) is 0 Å². The first-order valence-electron chi connectivity index (χ1n) is 9.07. The molecule has 1 aromatic carbocycles. The molecule has 1 aliphatic heterocycles. The quantitative estimate of drug-likeness (QED) is 0.461. The first-order chi connectivity index (χ1) is 11.3. The maximum atomic E-state index is 4.34. The molecule has 0 spiro atoms. The largest absolute Gasteiger partial charge is 0.356 e. The molecule has 1 aromatic rings. The molecular formula is C19H30N4. The van der Waals surface area contributed by atoms with Crippen molar-refractivity contribution in [3.05, 3.63) is 35.9 Å². The van der Waals surface area contributed by atoms with Crippen molar-refractivity contribution in [2.75, 3.05) is 33.2 Å². The number of aliphatic imine (C=N–C) groups is 1. The second-order valence-electron chi connectivity index (χ2n) is 6.85. The van der Waals surface area contributed by atoms with Crippen LogP contribution in [-0.4, -0.2) is 50.1 Å². The van der Waals surface area contributed by atoms with Crippen molar-refractivity contribution in [1.82, 2.24) is 15.5 Å². The molecule has 1 unspecified atom stereocenters. The summed E-state index contributed by atoms with van der Waals surface area (Å²) in [6, 6.07) is 11.6. The first-order valence-corrected chi connectivity index (χ1v) is 9.07. The van der Waals surface area contributed by atoms with Crippen LogP contribution in [0.25, 0.3) is 0 Å². The van der Waals surface area contributed by atoms with Gasteiger partial charge in [0.15, 0.2) is 5.96 Å². The summed E-state index contributed by atoms with van der Waals surface area (Å²) in [5.41, 5.74) is 1.41. The molecule has 1 atom stereocenters. The lowest BCUT2D eigenvalue weighted by Crippen LogP contribution is -2.40. The number of hydrogen-bond donors (Lipinski definition) is 2. The lowest BCUT2D eigenvalue weighted by molar-refractivity contribution is 0.314. The summed E-state index contributed by atoms with van der Waals surface area (Å²) in [5, 5.41) is 6.94. The Kier molecular flexibility index (Phi) is 5.92. The second-order valence-corrected chi connectivity index (χ2v) is 6.85. The van der Waals surface area contributed by atoms with E-state index in [0.717, 1.165) is 43.9 Å². The number of nitrogens with one attached hydrogen (secondary N) is 2. The summed E-state index contributed by atoms with van der Waals surface area (Å²) >= 11 is 0. The van der Waals surface area contributed by atoms with Gasteiger partial charge in [0, 0.05) is 32.7 Å². The van der Waals surface area contributed by atoms with Crippen LogP contribution in [0.1, 0.15) is 31.2 Å². The highest BCUT2D eigenvalue weighted by molar-refractivity contribution is 5.79. The van der Waals surface area contributed by atoms with Gasteiger partial charge in [0.25, 0.3) is 0 Å². The Bertz CT molecular complexity index is 495. The third kappa shape index (κ3) is 5.24. The molecule has 2 aliphatic rings. The predicted octanol–water partition coefficient (Wildman–Crippen LogP) is 2.27. The van der Waals surface area contributed by atoms with E-state index >= 15 is 0 Å². The van der Waals surface area contributed by atoms with Crippen LogP contribution in [-0.2, 0) is 6.42 Å². The Morgan fingerprint density at radius 2 is 2.00 bits per heavy atom. The Morgan fingerprint density at radius 3 is 2.74 bits per heavy atom. The lowest BCUT2D eigenvalue weighted by atomic mass is 10.1. The Labute approximate surface area is 140 Å². The summed E-state index contributed by atoms with van der Waals surface area (Å²) in [6.45, 7) is 4.57. The van der Waals surface area contributed by atoms with Gasteiger partial charge in [0.1, 0.15) is 0 Å². The minimum absolute atomic E-state index is 0.776. The van der Waals surface area contributed by atoms with Crippen molar-refractivity contribution in [1.29, 1.82) is 0 Å². The third-order valence-electron chi connectivity index (χ3n) is 4.94. The topological polar surface area (TPSA) is 39.7 Å². The number of rotatable bonds is 7. The highest BCUT2D eigenvalue weighted by atomic mass is 15.2. The number of benzene rings is 1. The Balaban J connectivity index is 1.29. The van der Waals surface area contributed by atoms with Crippen LogP contribution in [0.4, 0.5) is 0 Å². The summed E-state index contributed by atoms with van der Waals surface area (Å²) in [4.78, 5) is 7.01. The summed E-state index contributed by atoms with van der Waals surface area (Å²) in [7, 11) is 1.86. The minimum atomic E-state index is 0.776. The van der Waals surface area contributed by atoms with E-state index in [-0.39, 0.29) is 0 Å². The minimum Gasteiger partial charge on any atom is -0.356 e. The molecule has 23 heavy (non-hydrogen) atoms. The van der Waals surface area contributed by atoms with Gasteiger partial charge in [0.05, 0.1) is 0 Å². The molecule has 2 fully saturated rings. The van der Waals surface area contributed by atoms with E-state index in [1.54, 1.807) is 0 Å². The Morgan fingerprint density at radius 1 is 1.17 bits per heavy atom. The summed E-state index contributed by atoms with van der Waals surface area (Å²) in [5.74, 6) is 1.72. The fourth-order valence-corrected chi connectivity index (χ4v) is 3.41. The van der Waals surface area contributed by atoms with Crippen LogP contribution < -0.4 is 10.6 Å². The van der Waals surface area contributed by atoms with Crippen LogP contribution >= 0.6 is 0 Å². The van der Waals surface area contributed by atoms with Crippen molar-refractivity contribution < 1.29 is 0 Å². The number of guanidine groups is 1. The molecule has 2 N–H and O–H groups in total. The zero-order valence-corrected chi connectivity index (χ0v) is 14.3. The maximum Gasteiger partial charge on any atom is 0.190 e. The van der Waals surface area contributed by atoms with Crippen molar-refractivity contribution in [2.45, 2.75) is 38.1 Å². The third-order valence-corrected chi connectivity index (χ3v) is 4.94. The van der Waals surface area contributed by atoms with Crippen molar-refractivity contribution in [2.24, 2.45) is 10.9 Å². The van der Waals surface area contributed by atoms with Gasteiger partial charge >= 0.3 is 0 Å². The molecule has 126 valence electrons. The van der Waals surface area contributed by atoms with Gasteiger partial charge in [-0.3, -0.25) is 4.99 Å². The molecule has 1 heterocycles. The molecule has 0 radical (unpaired) electrons. The molecule has 0 bridgehead atoms. The zero-order chi connectivity index (χ0) is 15.9. The van der Waals surface area contributed by atoms with E-state index < -0.39 is 0 Å². The maximum absolute atomic E-state index is 4.34. The fraction of sp³-hybridized carbons (Fsp3) is 0.632. The number of aryl methyl sites for hydroxylation is 1. The Hall–Kier alpha value is -1.55. The summed E-state index contributed by atoms with van der Waals surface area (Å²) in [6.07, 6.45) is 6.41. The van der Waals surface area contributed by atoms with E-state index in [0.29, 0.717) is 0 Å². The molecule has 4 heteroatoms. The van der Waals surface area contributed by atoms with E-state index in [2.05, 4.69) is 50.9 Å². The van der Waals surface area contributed by atoms with Gasteiger partial charge in [-0.15, -0.1) is 0 Å². The van der Waals surface area contributed by atoms with Gasteiger partial charge in [-0.05, 0) is 50.1 Å². The van der Waals surface area contributed by atoms with Gasteiger partial charge in [-0.2, -0.15) is 0 Å². The average molecular weight is 314 g/mol. The lowest BCUT2D eigenvalue weighted by Gasteiger charge is -2.17. The molecule has 3 rings (SSSR count). The average Bonchev–Trinajstić information content (AvgIpc) is 3.34.